The van der Waals surface area contributed by atoms with Crippen LogP contribution in [0, 0.1) is 12.7 Å². The lowest BCUT2D eigenvalue weighted by molar-refractivity contribution is 0.0356. The lowest BCUT2D eigenvalue weighted by atomic mass is 9.82. The molecule has 2 aromatic rings. The summed E-state index contributed by atoms with van der Waals surface area (Å²) in [6.07, 6.45) is 1.67. The normalized spacial score (nSPS) is 16.8. The van der Waals surface area contributed by atoms with Gasteiger partial charge in [0, 0.05) is 25.3 Å². The van der Waals surface area contributed by atoms with Crippen molar-refractivity contribution in [1.29, 1.82) is 0 Å². The molecule has 2 aromatic carbocycles. The summed E-state index contributed by atoms with van der Waals surface area (Å²) in [7, 11) is 1.69. The average Bonchev–Trinajstić information content (AvgIpc) is 2.62. The predicted octanol–water partition coefficient (Wildman–Crippen LogP) is 3.94. The molecule has 128 valence electrons. The minimum atomic E-state index is -0.252. The van der Waals surface area contributed by atoms with Crippen LogP contribution < -0.4 is 10.1 Å². The van der Waals surface area contributed by atoms with Gasteiger partial charge in [0.05, 0.1) is 7.11 Å². The molecule has 1 aliphatic heterocycles. The van der Waals surface area contributed by atoms with Gasteiger partial charge in [0.25, 0.3) is 0 Å². The molecule has 1 N–H and O–H groups in total. The van der Waals surface area contributed by atoms with Gasteiger partial charge < -0.3 is 14.8 Å². The highest BCUT2D eigenvalue weighted by Crippen LogP contribution is 2.33. The highest BCUT2D eigenvalue weighted by molar-refractivity contribution is 5.36. The zero-order valence-electron chi connectivity index (χ0n) is 14.3. The molecule has 24 heavy (non-hydrogen) atoms. The SMILES string of the molecule is COc1cc(CNC2(c3cccc(F)c3)CCOCC2)ccc1C. The standard InChI is InChI=1S/C20H24FNO2/c1-15-6-7-16(12-19(15)23-2)14-22-20(8-10-24-11-9-20)17-4-3-5-18(21)13-17/h3-7,12-13,22H,8-11,14H2,1-2H3. The van der Waals surface area contributed by atoms with E-state index in [0.717, 1.165) is 35.3 Å². The quantitative estimate of drug-likeness (QED) is 0.901. The summed E-state index contributed by atoms with van der Waals surface area (Å²) in [4.78, 5) is 0. The Kier molecular flexibility index (Phi) is 5.17. The van der Waals surface area contributed by atoms with Gasteiger partial charge in [-0.05, 0) is 54.7 Å². The molecule has 3 nitrogen and oxygen atoms in total. The monoisotopic (exact) mass is 329 g/mol. The van der Waals surface area contributed by atoms with E-state index in [4.69, 9.17) is 9.47 Å². The fourth-order valence-corrected chi connectivity index (χ4v) is 3.32. The van der Waals surface area contributed by atoms with Crippen molar-refractivity contribution in [2.24, 2.45) is 0 Å². The van der Waals surface area contributed by atoms with Crippen molar-refractivity contribution in [2.45, 2.75) is 31.8 Å². The molecule has 1 fully saturated rings. The minimum Gasteiger partial charge on any atom is -0.496 e. The molecule has 0 aromatic heterocycles. The summed E-state index contributed by atoms with van der Waals surface area (Å²) in [6, 6.07) is 13.1. The van der Waals surface area contributed by atoms with Crippen LogP contribution in [0.25, 0.3) is 0 Å². The van der Waals surface area contributed by atoms with E-state index in [1.807, 2.05) is 13.0 Å². The fraction of sp³-hybridized carbons (Fsp3) is 0.400. The first-order chi connectivity index (χ1) is 11.6. The number of benzene rings is 2. The molecule has 0 radical (unpaired) electrons. The van der Waals surface area contributed by atoms with Crippen LogP contribution in [0.5, 0.6) is 5.75 Å². The van der Waals surface area contributed by atoms with E-state index in [1.165, 1.54) is 6.07 Å². The molecule has 0 bridgehead atoms. The van der Waals surface area contributed by atoms with Crippen molar-refractivity contribution in [3.63, 3.8) is 0 Å². The molecule has 1 saturated heterocycles. The summed E-state index contributed by atoms with van der Waals surface area (Å²) < 4.78 is 24.7. The second-order valence-corrected chi connectivity index (χ2v) is 6.36. The Morgan fingerprint density at radius 1 is 1.17 bits per heavy atom. The molecule has 1 heterocycles. The van der Waals surface area contributed by atoms with E-state index in [9.17, 15) is 4.39 Å². The van der Waals surface area contributed by atoms with E-state index < -0.39 is 0 Å². The topological polar surface area (TPSA) is 30.5 Å². The lowest BCUT2D eigenvalue weighted by Gasteiger charge is -2.39. The van der Waals surface area contributed by atoms with Gasteiger partial charge in [-0.1, -0.05) is 24.3 Å². The maximum atomic E-state index is 13.7. The number of halogens is 1. The van der Waals surface area contributed by atoms with Gasteiger partial charge in [0.1, 0.15) is 11.6 Å². The fourth-order valence-electron chi connectivity index (χ4n) is 3.32. The van der Waals surface area contributed by atoms with Gasteiger partial charge >= 0.3 is 0 Å². The Balaban J connectivity index is 1.83. The average molecular weight is 329 g/mol. The first-order valence-electron chi connectivity index (χ1n) is 8.35. The second-order valence-electron chi connectivity index (χ2n) is 6.36. The van der Waals surface area contributed by atoms with Crippen molar-refractivity contribution in [2.75, 3.05) is 20.3 Å². The van der Waals surface area contributed by atoms with Crippen LogP contribution in [0.15, 0.2) is 42.5 Å². The zero-order chi connectivity index (χ0) is 17.0. The Morgan fingerprint density at radius 2 is 1.96 bits per heavy atom. The summed E-state index contributed by atoms with van der Waals surface area (Å²) in [5.41, 5.74) is 3.01. The molecular weight excluding hydrogens is 305 g/mol. The Bertz CT molecular complexity index is 696. The van der Waals surface area contributed by atoms with E-state index in [-0.39, 0.29) is 11.4 Å². The zero-order valence-corrected chi connectivity index (χ0v) is 14.3. The number of hydrogen-bond acceptors (Lipinski definition) is 3. The van der Waals surface area contributed by atoms with Crippen LogP contribution in [-0.2, 0) is 16.8 Å². The third-order valence-electron chi connectivity index (χ3n) is 4.83. The van der Waals surface area contributed by atoms with E-state index >= 15 is 0 Å². The number of methoxy groups -OCH3 is 1. The van der Waals surface area contributed by atoms with Crippen LogP contribution in [0.4, 0.5) is 4.39 Å². The van der Waals surface area contributed by atoms with Crippen LogP contribution in [0.1, 0.15) is 29.5 Å². The van der Waals surface area contributed by atoms with E-state index in [2.05, 4.69) is 23.5 Å². The molecule has 0 saturated carbocycles. The molecule has 0 unspecified atom stereocenters. The van der Waals surface area contributed by atoms with Crippen molar-refractivity contribution in [3.8, 4) is 5.75 Å². The minimum absolute atomic E-state index is 0.197. The number of aryl methyl sites for hydroxylation is 1. The van der Waals surface area contributed by atoms with E-state index in [0.29, 0.717) is 19.8 Å². The smallest absolute Gasteiger partial charge is 0.123 e. The Labute approximate surface area is 142 Å². The van der Waals surface area contributed by atoms with Crippen molar-refractivity contribution in [1.82, 2.24) is 5.32 Å². The first kappa shape index (κ1) is 16.9. The second kappa shape index (κ2) is 7.32. The van der Waals surface area contributed by atoms with Gasteiger partial charge in [0.2, 0.25) is 0 Å². The molecule has 0 aliphatic carbocycles. The van der Waals surface area contributed by atoms with Crippen molar-refractivity contribution < 1.29 is 13.9 Å². The Morgan fingerprint density at radius 3 is 2.67 bits per heavy atom. The summed E-state index contributed by atoms with van der Waals surface area (Å²) in [5, 5.41) is 3.66. The van der Waals surface area contributed by atoms with Crippen molar-refractivity contribution in [3.05, 3.63) is 65.0 Å². The molecule has 3 rings (SSSR count). The molecule has 0 spiro atoms. The number of ether oxygens (including phenoxy) is 2. The van der Waals surface area contributed by atoms with Crippen LogP contribution >= 0.6 is 0 Å². The third kappa shape index (κ3) is 3.60. The largest absolute Gasteiger partial charge is 0.496 e. The molecule has 0 amide bonds. The van der Waals surface area contributed by atoms with Gasteiger partial charge in [0.15, 0.2) is 0 Å². The summed E-state index contributed by atoms with van der Waals surface area (Å²) >= 11 is 0. The lowest BCUT2D eigenvalue weighted by Crippen LogP contribution is -2.46. The third-order valence-corrected chi connectivity index (χ3v) is 4.83. The van der Waals surface area contributed by atoms with Crippen molar-refractivity contribution >= 4 is 0 Å². The molecule has 1 aliphatic rings. The highest BCUT2D eigenvalue weighted by atomic mass is 19.1. The Hall–Kier alpha value is -1.91. The summed E-state index contributed by atoms with van der Waals surface area (Å²) in [6.45, 7) is 4.09. The first-order valence-corrected chi connectivity index (χ1v) is 8.35. The highest BCUT2D eigenvalue weighted by Gasteiger charge is 2.34. The van der Waals surface area contributed by atoms with Gasteiger partial charge in [-0.25, -0.2) is 4.39 Å². The van der Waals surface area contributed by atoms with Crippen LogP contribution in [0.2, 0.25) is 0 Å². The molecule has 0 atom stereocenters. The van der Waals surface area contributed by atoms with Gasteiger partial charge in [-0.3, -0.25) is 0 Å². The van der Waals surface area contributed by atoms with E-state index in [1.54, 1.807) is 19.2 Å². The number of nitrogens with one attached hydrogen (secondary N) is 1. The summed E-state index contributed by atoms with van der Waals surface area (Å²) in [5.74, 6) is 0.693. The number of hydrogen-bond donors (Lipinski definition) is 1. The van der Waals surface area contributed by atoms with Gasteiger partial charge in [-0.2, -0.15) is 0 Å². The van der Waals surface area contributed by atoms with Gasteiger partial charge in [-0.15, -0.1) is 0 Å². The van der Waals surface area contributed by atoms with Crippen LogP contribution in [-0.4, -0.2) is 20.3 Å². The maximum Gasteiger partial charge on any atom is 0.123 e. The molecular formula is C20H24FNO2. The predicted molar refractivity (Wildman–Crippen MR) is 92.7 cm³/mol. The molecule has 4 heteroatoms. The maximum absolute atomic E-state index is 13.7. The number of rotatable bonds is 5. The van der Waals surface area contributed by atoms with Crippen LogP contribution in [0.3, 0.4) is 0 Å².